The average molecular weight is 378 g/mol. The fourth-order valence-electron chi connectivity index (χ4n) is 2.44. The summed E-state index contributed by atoms with van der Waals surface area (Å²) in [4.78, 5) is 13.1. The fraction of sp³-hybridized carbons (Fsp3) is 0.350. The van der Waals surface area contributed by atoms with Gasteiger partial charge >= 0.3 is 0 Å². The van der Waals surface area contributed by atoms with E-state index in [0.717, 1.165) is 29.4 Å². The van der Waals surface area contributed by atoms with Crippen molar-refractivity contribution < 1.29 is 19.2 Å². The Labute approximate surface area is 159 Å². The monoisotopic (exact) mass is 377 g/mol. The van der Waals surface area contributed by atoms with Crippen LogP contribution in [0.15, 0.2) is 48.5 Å². The molecule has 1 unspecified atom stereocenters. The minimum atomic E-state index is 0.0440. The molecule has 0 saturated carbocycles. The van der Waals surface area contributed by atoms with Crippen LogP contribution in [0, 0.1) is 0 Å². The van der Waals surface area contributed by atoms with Crippen LogP contribution >= 0.6 is 11.6 Å². The molecule has 140 valence electrons. The van der Waals surface area contributed by atoms with Gasteiger partial charge in [-0.25, -0.2) is 0 Å². The molecular weight excluding hydrogens is 352 g/mol. The number of hydrogen-bond donors (Lipinski definition) is 2. The normalized spacial score (nSPS) is 11.7. The summed E-state index contributed by atoms with van der Waals surface area (Å²) in [5.74, 6) is 1.66. The third-order valence-corrected chi connectivity index (χ3v) is 4.22. The van der Waals surface area contributed by atoms with E-state index in [1.54, 1.807) is 19.2 Å². The highest BCUT2D eigenvalue weighted by atomic mass is 35.5. The lowest BCUT2D eigenvalue weighted by molar-refractivity contribution is -0.871. The predicted molar refractivity (Wildman–Crippen MR) is 103 cm³/mol. The van der Waals surface area contributed by atoms with Gasteiger partial charge in [0.05, 0.1) is 14.2 Å². The first-order valence-corrected chi connectivity index (χ1v) is 9.04. The van der Waals surface area contributed by atoms with Gasteiger partial charge in [0, 0.05) is 11.6 Å². The van der Waals surface area contributed by atoms with Crippen molar-refractivity contribution in [2.45, 2.75) is 6.42 Å². The molecule has 0 radical (unpaired) electrons. The molecule has 0 aliphatic rings. The maximum absolute atomic E-state index is 12.0. The van der Waals surface area contributed by atoms with Crippen molar-refractivity contribution in [1.82, 2.24) is 5.32 Å². The van der Waals surface area contributed by atoms with Crippen LogP contribution in [0.3, 0.4) is 0 Å². The largest absolute Gasteiger partial charge is 0.497 e. The van der Waals surface area contributed by atoms with Gasteiger partial charge in [0.25, 0.3) is 5.91 Å². The van der Waals surface area contributed by atoms with Gasteiger partial charge in [0.1, 0.15) is 24.7 Å². The molecule has 0 saturated heterocycles. The zero-order valence-electron chi connectivity index (χ0n) is 15.3. The van der Waals surface area contributed by atoms with Crippen LogP contribution in [0.4, 0.5) is 0 Å². The van der Waals surface area contributed by atoms with Crippen molar-refractivity contribution in [3.8, 4) is 11.5 Å². The molecule has 0 aromatic heterocycles. The molecule has 2 N–H and O–H groups in total. The lowest BCUT2D eigenvalue weighted by Crippen LogP contribution is -3.10. The maximum Gasteiger partial charge on any atom is 0.275 e. The van der Waals surface area contributed by atoms with Crippen LogP contribution in [0.25, 0.3) is 0 Å². The van der Waals surface area contributed by atoms with E-state index in [9.17, 15) is 4.79 Å². The van der Waals surface area contributed by atoms with Gasteiger partial charge < -0.3 is 19.7 Å². The standard InChI is InChI=1S/C20H25ClN2O3/c1-23(13-14-26-19-9-5-17(21)6-10-19)15-20(24)22-12-11-16-3-7-18(25-2)8-4-16/h3-10H,11-15H2,1-2H3,(H,22,24)/p+1. The molecule has 0 aliphatic heterocycles. The number of methoxy groups -OCH3 is 1. The van der Waals surface area contributed by atoms with Crippen LogP contribution < -0.4 is 19.7 Å². The summed E-state index contributed by atoms with van der Waals surface area (Å²) < 4.78 is 10.8. The summed E-state index contributed by atoms with van der Waals surface area (Å²) in [6, 6.07) is 15.1. The zero-order valence-corrected chi connectivity index (χ0v) is 16.0. The Hall–Kier alpha value is -2.24. The molecule has 1 atom stereocenters. The van der Waals surface area contributed by atoms with Crippen molar-refractivity contribution in [2.75, 3.05) is 40.4 Å². The van der Waals surface area contributed by atoms with E-state index in [1.165, 1.54) is 5.56 Å². The number of rotatable bonds is 10. The molecule has 0 spiro atoms. The number of ether oxygens (including phenoxy) is 2. The summed E-state index contributed by atoms with van der Waals surface area (Å²) in [5.41, 5.74) is 1.17. The van der Waals surface area contributed by atoms with E-state index in [1.807, 2.05) is 43.4 Å². The third-order valence-electron chi connectivity index (χ3n) is 3.97. The Morgan fingerprint density at radius 1 is 1.08 bits per heavy atom. The minimum absolute atomic E-state index is 0.0440. The first-order valence-electron chi connectivity index (χ1n) is 8.66. The average Bonchev–Trinajstić information content (AvgIpc) is 2.64. The molecule has 0 bridgehead atoms. The van der Waals surface area contributed by atoms with Crippen LogP contribution in [0.5, 0.6) is 11.5 Å². The number of carbonyl (C=O) groups is 1. The first-order chi connectivity index (χ1) is 12.6. The second kappa shape index (κ2) is 10.7. The van der Waals surface area contributed by atoms with E-state index in [-0.39, 0.29) is 5.91 Å². The zero-order chi connectivity index (χ0) is 18.8. The topological polar surface area (TPSA) is 52.0 Å². The van der Waals surface area contributed by atoms with E-state index >= 15 is 0 Å². The van der Waals surface area contributed by atoms with Crippen LogP contribution in [-0.2, 0) is 11.2 Å². The van der Waals surface area contributed by atoms with Crippen molar-refractivity contribution in [2.24, 2.45) is 0 Å². The molecule has 0 aliphatic carbocycles. The Bertz CT molecular complexity index is 674. The number of carbonyl (C=O) groups excluding carboxylic acids is 1. The SMILES string of the molecule is COc1ccc(CCNC(=O)C[NH+](C)CCOc2ccc(Cl)cc2)cc1. The second-order valence-corrected chi connectivity index (χ2v) is 6.57. The number of hydrogen-bond acceptors (Lipinski definition) is 3. The highest BCUT2D eigenvalue weighted by Crippen LogP contribution is 2.15. The van der Waals surface area contributed by atoms with Crippen LogP contribution in [0.2, 0.25) is 5.02 Å². The Balaban J connectivity index is 1.59. The molecule has 0 fully saturated rings. The molecule has 6 heteroatoms. The van der Waals surface area contributed by atoms with Gasteiger partial charge in [-0.3, -0.25) is 4.79 Å². The molecule has 26 heavy (non-hydrogen) atoms. The number of halogens is 1. The van der Waals surface area contributed by atoms with Crippen LogP contribution in [0.1, 0.15) is 5.56 Å². The van der Waals surface area contributed by atoms with Gasteiger partial charge in [-0.15, -0.1) is 0 Å². The molecule has 2 rings (SSSR count). The van der Waals surface area contributed by atoms with Crippen molar-refractivity contribution >= 4 is 17.5 Å². The number of amides is 1. The van der Waals surface area contributed by atoms with E-state index < -0.39 is 0 Å². The molecule has 2 aromatic carbocycles. The molecular formula is C20H26ClN2O3+. The number of benzene rings is 2. The number of nitrogens with one attached hydrogen (secondary N) is 2. The molecule has 0 heterocycles. The van der Waals surface area contributed by atoms with E-state index in [4.69, 9.17) is 21.1 Å². The van der Waals surface area contributed by atoms with E-state index in [0.29, 0.717) is 24.7 Å². The van der Waals surface area contributed by atoms with Gasteiger partial charge in [-0.2, -0.15) is 0 Å². The summed E-state index contributed by atoms with van der Waals surface area (Å²) in [5, 5.41) is 3.64. The minimum Gasteiger partial charge on any atom is -0.497 e. The van der Waals surface area contributed by atoms with Gasteiger partial charge in [-0.05, 0) is 48.4 Å². The van der Waals surface area contributed by atoms with Gasteiger partial charge in [-0.1, -0.05) is 23.7 Å². The lowest BCUT2D eigenvalue weighted by atomic mass is 10.1. The summed E-state index contributed by atoms with van der Waals surface area (Å²) in [6.45, 7) is 2.34. The molecule has 5 nitrogen and oxygen atoms in total. The number of quaternary nitrogens is 1. The van der Waals surface area contributed by atoms with Crippen molar-refractivity contribution in [3.05, 3.63) is 59.1 Å². The second-order valence-electron chi connectivity index (χ2n) is 6.13. The van der Waals surface area contributed by atoms with Gasteiger partial charge in [0.2, 0.25) is 0 Å². The maximum atomic E-state index is 12.0. The Kier molecular flexibility index (Phi) is 8.25. The lowest BCUT2D eigenvalue weighted by Gasteiger charge is -2.14. The van der Waals surface area contributed by atoms with E-state index in [2.05, 4.69) is 5.32 Å². The van der Waals surface area contributed by atoms with Crippen molar-refractivity contribution in [3.63, 3.8) is 0 Å². The smallest absolute Gasteiger partial charge is 0.275 e. The third kappa shape index (κ3) is 7.33. The highest BCUT2D eigenvalue weighted by molar-refractivity contribution is 6.30. The molecule has 1 amide bonds. The quantitative estimate of drug-likeness (QED) is 0.661. The predicted octanol–water partition coefficient (Wildman–Crippen LogP) is 1.60. The Morgan fingerprint density at radius 2 is 1.73 bits per heavy atom. The first kappa shape index (κ1) is 20.1. The highest BCUT2D eigenvalue weighted by Gasteiger charge is 2.09. The molecule has 2 aromatic rings. The number of likely N-dealkylation sites (N-methyl/N-ethyl adjacent to an activating group) is 1. The van der Waals surface area contributed by atoms with Crippen molar-refractivity contribution in [1.29, 1.82) is 0 Å². The fourth-order valence-corrected chi connectivity index (χ4v) is 2.56. The summed E-state index contributed by atoms with van der Waals surface area (Å²) in [7, 11) is 3.63. The Morgan fingerprint density at radius 3 is 2.38 bits per heavy atom. The summed E-state index contributed by atoms with van der Waals surface area (Å²) >= 11 is 5.84. The van der Waals surface area contributed by atoms with Gasteiger partial charge in [0.15, 0.2) is 6.54 Å². The summed E-state index contributed by atoms with van der Waals surface area (Å²) in [6.07, 6.45) is 0.800. The van der Waals surface area contributed by atoms with Crippen LogP contribution in [-0.4, -0.2) is 46.3 Å².